The number of carbonyl (C=O) groups excluding carboxylic acids is 2. The van der Waals surface area contributed by atoms with Gasteiger partial charge in [-0.2, -0.15) is 5.10 Å². The van der Waals surface area contributed by atoms with Crippen molar-refractivity contribution in [2.75, 3.05) is 0 Å². The smallest absolute Gasteiger partial charge is 0.250 e. The van der Waals surface area contributed by atoms with Crippen molar-refractivity contribution in [3.8, 4) is 5.82 Å². The predicted molar refractivity (Wildman–Crippen MR) is 132 cm³/mol. The lowest BCUT2D eigenvalue weighted by atomic mass is 9.83. The van der Waals surface area contributed by atoms with Gasteiger partial charge in [0, 0.05) is 29.5 Å². The van der Waals surface area contributed by atoms with Crippen LogP contribution in [0.4, 0.5) is 0 Å². The summed E-state index contributed by atoms with van der Waals surface area (Å²) < 4.78 is 1.60. The summed E-state index contributed by atoms with van der Waals surface area (Å²) in [6, 6.07) is 13.2. The molecule has 0 radical (unpaired) electrons. The minimum atomic E-state index is -0.482. The average Bonchev–Trinajstić information content (AvgIpc) is 3.51. The van der Waals surface area contributed by atoms with Crippen molar-refractivity contribution in [1.29, 1.82) is 0 Å². The Labute approximate surface area is 204 Å². The van der Waals surface area contributed by atoms with Crippen LogP contribution in [0.2, 0.25) is 5.02 Å². The molecule has 5 rings (SSSR count). The first kappa shape index (κ1) is 24.0. The van der Waals surface area contributed by atoms with Crippen molar-refractivity contribution >= 4 is 23.4 Å². The zero-order valence-corrected chi connectivity index (χ0v) is 19.8. The molecule has 0 saturated heterocycles. The number of hydrogen-bond donors (Lipinski definition) is 2. The highest BCUT2D eigenvalue weighted by Gasteiger charge is 2.32. The van der Waals surface area contributed by atoms with Crippen LogP contribution in [0.1, 0.15) is 66.9 Å². The van der Waals surface area contributed by atoms with Gasteiger partial charge in [0.1, 0.15) is 0 Å². The first-order valence-electron chi connectivity index (χ1n) is 11.8. The summed E-state index contributed by atoms with van der Waals surface area (Å²) in [6.45, 7) is 0. The summed E-state index contributed by atoms with van der Waals surface area (Å²) in [5, 5.41) is 8.06. The minimum Gasteiger partial charge on any atom is -0.366 e. The van der Waals surface area contributed by atoms with E-state index in [4.69, 9.17) is 17.3 Å². The predicted octanol–water partition coefficient (Wildman–Crippen LogP) is 4.85. The molecule has 2 fully saturated rings. The van der Waals surface area contributed by atoms with E-state index in [1.165, 1.54) is 38.3 Å². The van der Waals surface area contributed by atoms with Crippen molar-refractivity contribution < 1.29 is 9.59 Å². The fourth-order valence-corrected chi connectivity index (χ4v) is 4.68. The Balaban J connectivity index is 0.000000172. The van der Waals surface area contributed by atoms with Crippen molar-refractivity contribution in [3.63, 3.8) is 0 Å². The number of carbonyl (C=O) groups is 2. The molecule has 0 bridgehead atoms. The van der Waals surface area contributed by atoms with Crippen LogP contribution in [0.3, 0.4) is 0 Å². The van der Waals surface area contributed by atoms with Crippen LogP contribution in [-0.4, -0.2) is 26.6 Å². The largest absolute Gasteiger partial charge is 0.366 e. The first-order chi connectivity index (χ1) is 16.5. The molecule has 1 aromatic carbocycles. The molecule has 178 valence electrons. The van der Waals surface area contributed by atoms with Gasteiger partial charge in [-0.3, -0.25) is 9.59 Å². The SMILES string of the molecule is NC(=O)c1ccc(-n2cccn2)nc1.O=C(NC(c1cccc(Cl)c1)C1CCCC1)C1CCC1. The molecule has 2 aliphatic carbocycles. The Bertz CT molecular complexity index is 1090. The van der Waals surface area contributed by atoms with Gasteiger partial charge in [0.05, 0.1) is 11.6 Å². The zero-order valence-electron chi connectivity index (χ0n) is 19.1. The van der Waals surface area contributed by atoms with Gasteiger partial charge < -0.3 is 11.1 Å². The third kappa shape index (κ3) is 6.03. The molecule has 1 atom stereocenters. The van der Waals surface area contributed by atoms with Gasteiger partial charge in [0.2, 0.25) is 11.8 Å². The molecule has 3 N–H and O–H groups in total. The number of pyridine rings is 1. The Kier molecular flexibility index (Phi) is 7.95. The molecular formula is C26H30ClN5O2. The molecule has 2 amide bonds. The van der Waals surface area contributed by atoms with Crippen LogP contribution in [-0.2, 0) is 4.79 Å². The van der Waals surface area contributed by atoms with E-state index in [1.807, 2.05) is 18.2 Å². The fraction of sp³-hybridized carbons (Fsp3) is 0.385. The van der Waals surface area contributed by atoms with Gasteiger partial charge >= 0.3 is 0 Å². The monoisotopic (exact) mass is 479 g/mol. The van der Waals surface area contributed by atoms with E-state index < -0.39 is 5.91 Å². The molecular weight excluding hydrogens is 450 g/mol. The van der Waals surface area contributed by atoms with Crippen LogP contribution in [0.5, 0.6) is 0 Å². The number of nitrogens with two attached hydrogens (primary N) is 1. The molecule has 2 aromatic heterocycles. The summed E-state index contributed by atoms with van der Waals surface area (Å²) in [6.07, 6.45) is 13.1. The highest BCUT2D eigenvalue weighted by atomic mass is 35.5. The summed E-state index contributed by atoms with van der Waals surface area (Å²) in [7, 11) is 0. The molecule has 1 unspecified atom stereocenters. The number of benzene rings is 1. The molecule has 0 aliphatic heterocycles. The number of nitrogens with zero attached hydrogens (tertiary/aromatic N) is 3. The van der Waals surface area contributed by atoms with Gasteiger partial charge in [0.25, 0.3) is 0 Å². The maximum absolute atomic E-state index is 12.3. The van der Waals surface area contributed by atoms with Crippen LogP contribution < -0.4 is 11.1 Å². The Hall–Kier alpha value is -3.19. The third-order valence-electron chi connectivity index (χ3n) is 6.62. The van der Waals surface area contributed by atoms with E-state index in [0.717, 1.165) is 23.4 Å². The maximum atomic E-state index is 12.3. The van der Waals surface area contributed by atoms with Crippen LogP contribution in [0.25, 0.3) is 5.82 Å². The Morgan fingerprint density at radius 3 is 2.41 bits per heavy atom. The second kappa shape index (κ2) is 11.3. The highest BCUT2D eigenvalue weighted by Crippen LogP contribution is 2.37. The van der Waals surface area contributed by atoms with Gasteiger partial charge in [0.15, 0.2) is 5.82 Å². The summed E-state index contributed by atoms with van der Waals surface area (Å²) in [5.41, 5.74) is 6.63. The minimum absolute atomic E-state index is 0.143. The number of amides is 2. The molecule has 34 heavy (non-hydrogen) atoms. The lowest BCUT2D eigenvalue weighted by molar-refractivity contribution is -0.128. The molecule has 7 nitrogen and oxygen atoms in total. The number of primary amides is 1. The van der Waals surface area contributed by atoms with Crippen molar-refractivity contribution in [2.24, 2.45) is 17.6 Å². The molecule has 2 aliphatic rings. The Morgan fingerprint density at radius 1 is 1.06 bits per heavy atom. The summed E-state index contributed by atoms with van der Waals surface area (Å²) in [4.78, 5) is 27.1. The lowest BCUT2D eigenvalue weighted by Crippen LogP contribution is -2.39. The van der Waals surface area contributed by atoms with E-state index >= 15 is 0 Å². The number of nitrogens with one attached hydrogen (secondary N) is 1. The quantitative estimate of drug-likeness (QED) is 0.527. The molecule has 0 spiro atoms. The van der Waals surface area contributed by atoms with Crippen LogP contribution >= 0.6 is 11.6 Å². The first-order valence-corrected chi connectivity index (χ1v) is 12.2. The van der Waals surface area contributed by atoms with E-state index in [-0.39, 0.29) is 17.9 Å². The average molecular weight is 480 g/mol. The van der Waals surface area contributed by atoms with Crippen LogP contribution in [0, 0.1) is 11.8 Å². The van der Waals surface area contributed by atoms with Crippen LogP contribution in [0.15, 0.2) is 61.1 Å². The summed E-state index contributed by atoms with van der Waals surface area (Å²) >= 11 is 6.12. The van der Waals surface area contributed by atoms with Gasteiger partial charge in [-0.1, -0.05) is 43.0 Å². The topological polar surface area (TPSA) is 103 Å². The number of halogens is 1. The lowest BCUT2D eigenvalue weighted by Gasteiger charge is -2.30. The van der Waals surface area contributed by atoms with Gasteiger partial charge in [-0.05, 0) is 67.5 Å². The van der Waals surface area contributed by atoms with E-state index in [2.05, 4.69) is 21.5 Å². The molecule has 2 saturated carbocycles. The Morgan fingerprint density at radius 2 is 1.85 bits per heavy atom. The standard InChI is InChI=1S/C17H22ClNO.C9H8N4O/c18-15-10-4-9-14(11-15)16(12-5-1-2-6-12)19-17(20)13-7-3-8-13;10-9(14)7-2-3-8(11-6-7)13-5-1-4-12-13/h4,9-13,16H,1-3,5-8H2,(H,19,20);1-6H,(H2,10,14). The molecule has 2 heterocycles. The second-order valence-corrected chi connectivity index (χ2v) is 9.37. The van der Waals surface area contributed by atoms with Gasteiger partial charge in [-0.15, -0.1) is 0 Å². The highest BCUT2D eigenvalue weighted by molar-refractivity contribution is 6.30. The number of rotatable bonds is 6. The van der Waals surface area contributed by atoms with E-state index in [1.54, 1.807) is 35.3 Å². The van der Waals surface area contributed by atoms with E-state index in [9.17, 15) is 9.59 Å². The maximum Gasteiger partial charge on any atom is 0.250 e. The summed E-state index contributed by atoms with van der Waals surface area (Å²) in [5.74, 6) is 1.23. The van der Waals surface area contributed by atoms with Gasteiger partial charge in [-0.25, -0.2) is 9.67 Å². The third-order valence-corrected chi connectivity index (χ3v) is 6.86. The van der Waals surface area contributed by atoms with E-state index in [0.29, 0.717) is 17.3 Å². The van der Waals surface area contributed by atoms with Crippen molar-refractivity contribution in [3.05, 3.63) is 77.2 Å². The van der Waals surface area contributed by atoms with Crippen molar-refractivity contribution in [1.82, 2.24) is 20.1 Å². The fourth-order valence-electron chi connectivity index (χ4n) is 4.48. The van der Waals surface area contributed by atoms with Crippen molar-refractivity contribution in [2.45, 2.75) is 51.0 Å². The second-order valence-electron chi connectivity index (χ2n) is 8.93. The molecule has 8 heteroatoms. The number of hydrogen-bond acceptors (Lipinski definition) is 4. The normalized spacial score (nSPS) is 16.7. The number of aromatic nitrogens is 3. The zero-order chi connectivity index (χ0) is 23.9. The molecule has 3 aromatic rings.